The van der Waals surface area contributed by atoms with E-state index in [1.807, 2.05) is 18.2 Å². The first-order valence-electron chi connectivity index (χ1n) is 9.94. The van der Waals surface area contributed by atoms with Gasteiger partial charge in [0, 0.05) is 12.5 Å². The average Bonchev–Trinajstić information content (AvgIpc) is 3.12. The van der Waals surface area contributed by atoms with Gasteiger partial charge in [-0.25, -0.2) is 0 Å². The largest absolute Gasteiger partial charge is 0.493 e. The fourth-order valence-corrected chi connectivity index (χ4v) is 3.86. The van der Waals surface area contributed by atoms with Gasteiger partial charge in [0.25, 0.3) is 0 Å². The van der Waals surface area contributed by atoms with Crippen LogP contribution >= 0.6 is 0 Å². The van der Waals surface area contributed by atoms with Crippen LogP contribution in [0.3, 0.4) is 0 Å². The first kappa shape index (κ1) is 20.3. The summed E-state index contributed by atoms with van der Waals surface area (Å²) in [6.07, 6.45) is 5.21. The van der Waals surface area contributed by atoms with Crippen LogP contribution in [0.2, 0.25) is 0 Å². The Kier molecular flexibility index (Phi) is 7.01. The van der Waals surface area contributed by atoms with Crippen molar-refractivity contribution in [3.63, 3.8) is 0 Å². The Balaban J connectivity index is 1.42. The zero-order valence-corrected chi connectivity index (χ0v) is 16.6. The number of hydrogen-bond acceptors (Lipinski definition) is 6. The van der Waals surface area contributed by atoms with Gasteiger partial charge < -0.3 is 24.3 Å². The SMILES string of the molecule is COc1cccc(OC2CCC(NC(=O)CCC3CCOC3=O)CC2)c1OC. The van der Waals surface area contributed by atoms with Crippen molar-refractivity contribution in [1.29, 1.82) is 0 Å². The van der Waals surface area contributed by atoms with Crippen LogP contribution in [-0.2, 0) is 14.3 Å². The van der Waals surface area contributed by atoms with Crippen LogP contribution in [0.5, 0.6) is 17.2 Å². The molecule has 2 fully saturated rings. The second-order valence-corrected chi connectivity index (χ2v) is 7.34. The molecule has 1 saturated heterocycles. The lowest BCUT2D eigenvalue weighted by Gasteiger charge is -2.30. The Morgan fingerprint density at radius 3 is 2.50 bits per heavy atom. The van der Waals surface area contributed by atoms with E-state index in [2.05, 4.69) is 5.32 Å². The molecule has 1 N–H and O–H groups in total. The maximum atomic E-state index is 12.2. The minimum Gasteiger partial charge on any atom is -0.493 e. The highest BCUT2D eigenvalue weighted by Crippen LogP contribution is 2.38. The zero-order valence-electron chi connectivity index (χ0n) is 16.6. The van der Waals surface area contributed by atoms with Crippen LogP contribution in [0.15, 0.2) is 18.2 Å². The highest BCUT2D eigenvalue weighted by Gasteiger charge is 2.28. The van der Waals surface area contributed by atoms with Crippen LogP contribution in [0.4, 0.5) is 0 Å². The van der Waals surface area contributed by atoms with E-state index in [-0.39, 0.29) is 29.9 Å². The lowest BCUT2D eigenvalue weighted by Crippen LogP contribution is -2.39. The van der Waals surface area contributed by atoms with Crippen LogP contribution in [0, 0.1) is 5.92 Å². The minimum atomic E-state index is -0.168. The van der Waals surface area contributed by atoms with Crippen LogP contribution in [0.25, 0.3) is 0 Å². The third-order valence-corrected chi connectivity index (χ3v) is 5.46. The summed E-state index contributed by atoms with van der Waals surface area (Å²) >= 11 is 0. The summed E-state index contributed by atoms with van der Waals surface area (Å²) in [5.41, 5.74) is 0. The minimum absolute atomic E-state index is 0.0125. The van der Waals surface area contributed by atoms with E-state index in [1.54, 1.807) is 14.2 Å². The van der Waals surface area contributed by atoms with E-state index in [4.69, 9.17) is 18.9 Å². The van der Waals surface area contributed by atoms with Crippen LogP contribution < -0.4 is 19.5 Å². The molecule has 28 heavy (non-hydrogen) atoms. The number of amides is 1. The molecule has 0 radical (unpaired) electrons. The Morgan fingerprint density at radius 2 is 1.86 bits per heavy atom. The summed E-state index contributed by atoms with van der Waals surface area (Å²) in [4.78, 5) is 23.6. The van der Waals surface area contributed by atoms with Gasteiger partial charge in [-0.2, -0.15) is 0 Å². The monoisotopic (exact) mass is 391 g/mol. The summed E-state index contributed by atoms with van der Waals surface area (Å²) in [6, 6.07) is 5.75. The summed E-state index contributed by atoms with van der Waals surface area (Å²) in [5, 5.41) is 3.09. The number of benzene rings is 1. The first-order valence-corrected chi connectivity index (χ1v) is 9.94. The molecule has 1 aliphatic heterocycles. The molecule has 3 rings (SSSR count). The Labute approximate surface area is 165 Å². The first-order chi connectivity index (χ1) is 13.6. The smallest absolute Gasteiger partial charge is 0.309 e. The number of rotatable bonds is 8. The molecule has 1 unspecified atom stereocenters. The van der Waals surface area contributed by atoms with E-state index in [1.165, 1.54) is 0 Å². The van der Waals surface area contributed by atoms with Crippen molar-refractivity contribution in [2.45, 2.75) is 57.1 Å². The molecule has 2 aliphatic rings. The predicted octanol–water partition coefficient (Wildman–Crippen LogP) is 2.85. The van der Waals surface area contributed by atoms with E-state index in [9.17, 15) is 9.59 Å². The van der Waals surface area contributed by atoms with Crippen LogP contribution in [0.1, 0.15) is 44.9 Å². The number of carbonyl (C=O) groups is 2. The number of carbonyl (C=O) groups excluding carboxylic acids is 2. The van der Waals surface area contributed by atoms with Gasteiger partial charge in [0.05, 0.1) is 32.8 Å². The number of hydrogen-bond donors (Lipinski definition) is 1. The third kappa shape index (κ3) is 5.09. The van der Waals surface area contributed by atoms with Crippen LogP contribution in [-0.4, -0.2) is 44.8 Å². The molecule has 7 heteroatoms. The second kappa shape index (κ2) is 9.66. The zero-order chi connectivity index (χ0) is 19.9. The Bertz CT molecular complexity index is 683. The number of esters is 1. The Hall–Kier alpha value is -2.44. The summed E-state index contributed by atoms with van der Waals surface area (Å²) in [5.74, 6) is 1.65. The van der Waals surface area contributed by atoms with E-state index < -0.39 is 0 Å². The van der Waals surface area contributed by atoms with Gasteiger partial charge in [-0.15, -0.1) is 0 Å². The normalized spacial score (nSPS) is 24.4. The molecule has 1 atom stereocenters. The molecule has 1 heterocycles. The van der Waals surface area contributed by atoms with Gasteiger partial charge in [-0.3, -0.25) is 9.59 Å². The molecular formula is C21H29NO6. The number of nitrogens with one attached hydrogen (secondary N) is 1. The summed E-state index contributed by atoms with van der Waals surface area (Å²) in [6.45, 7) is 0.479. The number of cyclic esters (lactones) is 1. The molecule has 0 aromatic heterocycles. The maximum absolute atomic E-state index is 12.2. The highest BCUT2D eigenvalue weighted by molar-refractivity contribution is 5.78. The maximum Gasteiger partial charge on any atom is 0.309 e. The van der Waals surface area contributed by atoms with E-state index in [0.29, 0.717) is 36.7 Å². The number of ether oxygens (including phenoxy) is 4. The van der Waals surface area contributed by atoms with Crippen molar-refractivity contribution in [2.24, 2.45) is 5.92 Å². The van der Waals surface area contributed by atoms with Gasteiger partial charge in [0.15, 0.2) is 11.5 Å². The molecular weight excluding hydrogens is 362 g/mol. The number of para-hydroxylation sites is 1. The standard InChI is InChI=1S/C21H29NO6/c1-25-17-4-3-5-18(20(17)26-2)28-16-9-7-15(8-10-16)22-19(23)11-6-14-12-13-27-21(14)24/h3-5,14-16H,6-13H2,1-2H3,(H,22,23). The third-order valence-electron chi connectivity index (χ3n) is 5.46. The molecule has 1 saturated carbocycles. The predicted molar refractivity (Wildman–Crippen MR) is 103 cm³/mol. The van der Waals surface area contributed by atoms with E-state index in [0.717, 1.165) is 32.1 Å². The highest BCUT2D eigenvalue weighted by atomic mass is 16.5. The summed E-state index contributed by atoms with van der Waals surface area (Å²) < 4.78 is 21.8. The van der Waals surface area contributed by atoms with Crippen molar-refractivity contribution in [2.75, 3.05) is 20.8 Å². The second-order valence-electron chi connectivity index (χ2n) is 7.34. The van der Waals surface area contributed by atoms with Crippen molar-refractivity contribution in [3.8, 4) is 17.2 Å². The molecule has 1 aromatic rings. The molecule has 154 valence electrons. The molecule has 7 nitrogen and oxygen atoms in total. The van der Waals surface area contributed by atoms with Gasteiger partial charge in [-0.05, 0) is 50.7 Å². The molecule has 0 bridgehead atoms. The topological polar surface area (TPSA) is 83.1 Å². The lowest BCUT2D eigenvalue weighted by molar-refractivity contribution is -0.141. The fraction of sp³-hybridized carbons (Fsp3) is 0.619. The molecule has 1 aromatic carbocycles. The number of methoxy groups -OCH3 is 2. The van der Waals surface area contributed by atoms with Crippen molar-refractivity contribution in [1.82, 2.24) is 5.32 Å². The fourth-order valence-electron chi connectivity index (χ4n) is 3.86. The van der Waals surface area contributed by atoms with E-state index >= 15 is 0 Å². The average molecular weight is 391 g/mol. The van der Waals surface area contributed by atoms with Gasteiger partial charge in [0.2, 0.25) is 11.7 Å². The Morgan fingerprint density at radius 1 is 1.11 bits per heavy atom. The van der Waals surface area contributed by atoms with Crippen molar-refractivity contribution in [3.05, 3.63) is 18.2 Å². The van der Waals surface area contributed by atoms with Crippen molar-refractivity contribution < 1.29 is 28.5 Å². The van der Waals surface area contributed by atoms with Gasteiger partial charge in [-0.1, -0.05) is 6.07 Å². The quantitative estimate of drug-likeness (QED) is 0.686. The van der Waals surface area contributed by atoms with Crippen molar-refractivity contribution >= 4 is 11.9 Å². The molecule has 1 amide bonds. The molecule has 0 spiro atoms. The summed E-state index contributed by atoms with van der Waals surface area (Å²) in [7, 11) is 3.20. The molecule has 1 aliphatic carbocycles. The lowest BCUT2D eigenvalue weighted by atomic mass is 9.92. The van der Waals surface area contributed by atoms with Gasteiger partial charge >= 0.3 is 5.97 Å². The van der Waals surface area contributed by atoms with Gasteiger partial charge in [0.1, 0.15) is 0 Å².